The summed E-state index contributed by atoms with van der Waals surface area (Å²) in [5, 5.41) is 9.20. The van der Waals surface area contributed by atoms with Crippen molar-refractivity contribution in [2.24, 2.45) is 0 Å². The summed E-state index contributed by atoms with van der Waals surface area (Å²) < 4.78 is 15.8. The Labute approximate surface area is 138 Å². The molecule has 0 fully saturated rings. The van der Waals surface area contributed by atoms with Gasteiger partial charge >= 0.3 is 5.97 Å². The van der Waals surface area contributed by atoms with Crippen molar-refractivity contribution < 1.29 is 19.0 Å². The molecule has 6 nitrogen and oxygen atoms in total. The summed E-state index contributed by atoms with van der Waals surface area (Å²) in [6.07, 6.45) is 0. The Kier molecular flexibility index (Phi) is 7.20. The molecule has 0 radical (unpaired) electrons. The Balaban J connectivity index is 2.71. The number of aryl methyl sites for hydroxylation is 1. The first-order valence-electron chi connectivity index (χ1n) is 7.58. The highest BCUT2D eigenvalue weighted by atomic mass is 28.3. The molecule has 0 aromatic carbocycles. The molecular weight excluding hydrogens is 312 g/mol. The van der Waals surface area contributed by atoms with E-state index in [4.69, 9.17) is 14.2 Å². The number of hydrogen-bond donors (Lipinski definition) is 0. The van der Waals surface area contributed by atoms with Gasteiger partial charge in [-0.1, -0.05) is 19.6 Å². The SMILES string of the molecule is CCOC(=O)c1cc(C#N)c(OCOCC[Si](C)(C)C)nc1C. The van der Waals surface area contributed by atoms with Crippen LogP contribution in [0, 0.1) is 18.3 Å². The number of pyridine rings is 1. The predicted molar refractivity (Wildman–Crippen MR) is 89.2 cm³/mol. The molecule has 1 aromatic rings. The van der Waals surface area contributed by atoms with Gasteiger partial charge in [-0.25, -0.2) is 9.78 Å². The highest BCUT2D eigenvalue weighted by Gasteiger charge is 2.17. The summed E-state index contributed by atoms with van der Waals surface area (Å²) in [5.41, 5.74) is 0.919. The average molecular weight is 336 g/mol. The largest absolute Gasteiger partial charge is 0.462 e. The number of hydrogen-bond acceptors (Lipinski definition) is 6. The third kappa shape index (κ3) is 6.38. The third-order valence-electron chi connectivity index (χ3n) is 3.07. The lowest BCUT2D eigenvalue weighted by Gasteiger charge is -2.15. The number of rotatable bonds is 8. The Morgan fingerprint density at radius 2 is 2.09 bits per heavy atom. The first-order chi connectivity index (χ1) is 10.8. The molecule has 0 aliphatic carbocycles. The van der Waals surface area contributed by atoms with Gasteiger partial charge in [-0.15, -0.1) is 0 Å². The summed E-state index contributed by atoms with van der Waals surface area (Å²) in [5.74, 6) is -0.321. The molecule has 0 aliphatic heterocycles. The molecule has 0 bridgehead atoms. The highest BCUT2D eigenvalue weighted by Crippen LogP contribution is 2.20. The Bertz CT molecular complexity index is 591. The average Bonchev–Trinajstić information content (AvgIpc) is 2.46. The van der Waals surface area contributed by atoms with Crippen LogP contribution in [0.1, 0.15) is 28.5 Å². The highest BCUT2D eigenvalue weighted by molar-refractivity contribution is 6.76. The lowest BCUT2D eigenvalue weighted by molar-refractivity contribution is 0.0190. The van der Waals surface area contributed by atoms with Gasteiger partial charge in [-0.3, -0.25) is 0 Å². The van der Waals surface area contributed by atoms with Gasteiger partial charge in [0.1, 0.15) is 11.6 Å². The van der Waals surface area contributed by atoms with Crippen molar-refractivity contribution in [1.82, 2.24) is 4.98 Å². The van der Waals surface area contributed by atoms with Crippen LogP contribution in [0.2, 0.25) is 25.7 Å². The van der Waals surface area contributed by atoms with E-state index in [0.717, 1.165) is 6.04 Å². The normalized spacial score (nSPS) is 11.0. The van der Waals surface area contributed by atoms with E-state index in [9.17, 15) is 10.1 Å². The van der Waals surface area contributed by atoms with E-state index in [-0.39, 0.29) is 30.4 Å². The Morgan fingerprint density at radius 3 is 2.65 bits per heavy atom. The minimum absolute atomic E-state index is 0.0321. The van der Waals surface area contributed by atoms with Crippen LogP contribution < -0.4 is 4.74 Å². The fourth-order valence-electron chi connectivity index (χ4n) is 1.72. The number of nitrogens with zero attached hydrogens (tertiary/aromatic N) is 2. The standard InChI is InChI=1S/C16H24N2O4Si/c1-6-21-16(19)14-9-13(10-17)15(18-12(14)2)22-11-20-7-8-23(3,4)5/h9H,6-8,11H2,1-5H3. The monoisotopic (exact) mass is 336 g/mol. The van der Waals surface area contributed by atoms with Gasteiger partial charge in [-0.05, 0) is 26.0 Å². The minimum atomic E-state index is -1.14. The van der Waals surface area contributed by atoms with Crippen molar-refractivity contribution in [1.29, 1.82) is 5.26 Å². The van der Waals surface area contributed by atoms with Gasteiger partial charge in [-0.2, -0.15) is 5.26 Å². The lowest BCUT2D eigenvalue weighted by Crippen LogP contribution is -2.22. The predicted octanol–water partition coefficient (Wildman–Crippen LogP) is 3.13. The van der Waals surface area contributed by atoms with Gasteiger partial charge in [0.25, 0.3) is 0 Å². The minimum Gasteiger partial charge on any atom is -0.462 e. The Morgan fingerprint density at radius 1 is 1.39 bits per heavy atom. The zero-order chi connectivity index (χ0) is 17.5. The van der Waals surface area contributed by atoms with Gasteiger partial charge in [0.05, 0.1) is 17.9 Å². The number of carbonyl (C=O) groups excluding carboxylic acids is 1. The fraction of sp³-hybridized carbons (Fsp3) is 0.562. The van der Waals surface area contributed by atoms with E-state index in [2.05, 4.69) is 24.6 Å². The molecule has 126 valence electrons. The number of ether oxygens (including phenoxy) is 3. The molecule has 1 heterocycles. The van der Waals surface area contributed by atoms with Crippen molar-refractivity contribution in [2.75, 3.05) is 20.0 Å². The van der Waals surface area contributed by atoms with Crippen LogP contribution in [0.15, 0.2) is 6.07 Å². The van der Waals surface area contributed by atoms with Gasteiger partial charge in [0.15, 0.2) is 6.79 Å². The summed E-state index contributed by atoms with van der Waals surface area (Å²) in [4.78, 5) is 16.0. The third-order valence-corrected chi connectivity index (χ3v) is 4.77. The molecule has 0 N–H and O–H groups in total. The first kappa shape index (κ1) is 19.1. The smallest absolute Gasteiger partial charge is 0.340 e. The molecule has 0 saturated heterocycles. The van der Waals surface area contributed by atoms with E-state index in [1.807, 2.05) is 6.07 Å². The molecule has 0 amide bonds. The molecule has 0 spiro atoms. The number of nitriles is 1. The molecule has 23 heavy (non-hydrogen) atoms. The Hall–Kier alpha value is -1.91. The van der Waals surface area contributed by atoms with Crippen molar-refractivity contribution >= 4 is 14.0 Å². The summed E-state index contributed by atoms with van der Waals surface area (Å²) in [6.45, 7) is 11.1. The second kappa shape index (κ2) is 8.65. The first-order valence-corrected chi connectivity index (χ1v) is 11.3. The molecule has 1 rings (SSSR count). The molecule has 7 heteroatoms. The lowest BCUT2D eigenvalue weighted by atomic mass is 10.1. The molecule has 0 aliphatic rings. The molecular formula is C16H24N2O4Si. The van der Waals surface area contributed by atoms with Crippen LogP contribution in [0.4, 0.5) is 0 Å². The van der Waals surface area contributed by atoms with Gasteiger partial charge in [0.2, 0.25) is 5.88 Å². The van der Waals surface area contributed by atoms with Gasteiger partial charge < -0.3 is 14.2 Å². The number of esters is 1. The number of carbonyl (C=O) groups is 1. The summed E-state index contributed by atoms with van der Waals surface area (Å²) in [6, 6.07) is 4.46. The van der Waals surface area contributed by atoms with E-state index in [0.29, 0.717) is 12.3 Å². The van der Waals surface area contributed by atoms with E-state index < -0.39 is 14.0 Å². The van der Waals surface area contributed by atoms with Crippen LogP contribution in [-0.4, -0.2) is 39.0 Å². The van der Waals surface area contributed by atoms with Crippen LogP contribution in [0.3, 0.4) is 0 Å². The van der Waals surface area contributed by atoms with Crippen LogP contribution in [-0.2, 0) is 9.47 Å². The van der Waals surface area contributed by atoms with E-state index in [1.165, 1.54) is 6.07 Å². The second-order valence-corrected chi connectivity index (χ2v) is 11.9. The summed E-state index contributed by atoms with van der Waals surface area (Å²) >= 11 is 0. The molecule has 1 aromatic heterocycles. The van der Waals surface area contributed by atoms with Crippen LogP contribution >= 0.6 is 0 Å². The maximum Gasteiger partial charge on any atom is 0.340 e. The summed E-state index contributed by atoms with van der Waals surface area (Å²) in [7, 11) is -1.14. The zero-order valence-corrected chi connectivity index (χ0v) is 15.4. The molecule has 0 unspecified atom stereocenters. The van der Waals surface area contributed by atoms with Crippen molar-refractivity contribution in [3.05, 3.63) is 22.9 Å². The maximum absolute atomic E-state index is 11.8. The maximum atomic E-state index is 11.8. The van der Waals surface area contributed by atoms with Gasteiger partial charge in [0, 0.05) is 14.7 Å². The van der Waals surface area contributed by atoms with E-state index >= 15 is 0 Å². The van der Waals surface area contributed by atoms with Crippen molar-refractivity contribution in [3.63, 3.8) is 0 Å². The van der Waals surface area contributed by atoms with Crippen LogP contribution in [0.5, 0.6) is 5.88 Å². The van der Waals surface area contributed by atoms with Crippen LogP contribution in [0.25, 0.3) is 0 Å². The number of aromatic nitrogens is 1. The zero-order valence-electron chi connectivity index (χ0n) is 14.4. The fourth-order valence-corrected chi connectivity index (χ4v) is 2.48. The van der Waals surface area contributed by atoms with Crippen molar-refractivity contribution in [2.45, 2.75) is 39.5 Å². The molecule has 0 atom stereocenters. The van der Waals surface area contributed by atoms with Crippen molar-refractivity contribution in [3.8, 4) is 11.9 Å². The molecule has 0 saturated carbocycles. The quantitative estimate of drug-likeness (QED) is 0.314. The van der Waals surface area contributed by atoms with E-state index in [1.54, 1.807) is 13.8 Å². The second-order valence-electron chi connectivity index (χ2n) is 6.29. The topological polar surface area (TPSA) is 81.4 Å².